The highest BCUT2D eigenvalue weighted by molar-refractivity contribution is 5.43. The summed E-state index contributed by atoms with van der Waals surface area (Å²) < 4.78 is 0. The van der Waals surface area contributed by atoms with Crippen molar-refractivity contribution in [2.24, 2.45) is 0 Å². The van der Waals surface area contributed by atoms with E-state index in [1.165, 1.54) is 12.3 Å². The molecule has 0 saturated carbocycles. The molecule has 78 valence electrons. The first-order chi connectivity index (χ1) is 7.24. The molecule has 0 saturated heterocycles. The third-order valence-electron chi connectivity index (χ3n) is 1.69. The van der Waals surface area contributed by atoms with Crippen LogP contribution in [0.25, 0.3) is 0 Å². The number of pyridine rings is 1. The van der Waals surface area contributed by atoms with Crippen LogP contribution in [0.4, 0.5) is 11.5 Å². The monoisotopic (exact) mass is 205 g/mol. The van der Waals surface area contributed by atoms with E-state index in [1.54, 1.807) is 13.0 Å². The van der Waals surface area contributed by atoms with Crippen molar-refractivity contribution in [2.75, 3.05) is 11.9 Å². The molecular weight excluding hydrogens is 194 g/mol. The van der Waals surface area contributed by atoms with Gasteiger partial charge in [0, 0.05) is 19.0 Å². The van der Waals surface area contributed by atoms with Gasteiger partial charge in [-0.1, -0.05) is 0 Å². The van der Waals surface area contributed by atoms with Crippen LogP contribution < -0.4 is 5.32 Å². The first-order valence-electron chi connectivity index (χ1n) is 4.48. The Kier molecular flexibility index (Phi) is 4.10. The van der Waals surface area contributed by atoms with Gasteiger partial charge in [-0.2, -0.15) is 0 Å². The number of hydrogen-bond acceptors (Lipinski definition) is 4. The average molecular weight is 205 g/mol. The molecule has 1 N–H and O–H groups in total. The Balaban J connectivity index is 2.48. The van der Waals surface area contributed by atoms with Gasteiger partial charge in [-0.25, -0.2) is 0 Å². The number of nitrogens with zero attached hydrogens (tertiary/aromatic N) is 2. The Bertz CT molecular complexity index is 389. The number of rotatable bonds is 4. The predicted octanol–water partition coefficient (Wildman–Crippen LogP) is 1.82. The zero-order valence-electron chi connectivity index (χ0n) is 8.36. The molecule has 1 rings (SSSR count). The minimum Gasteiger partial charge on any atom is -0.381 e. The molecule has 0 aliphatic rings. The Morgan fingerprint density at radius 2 is 2.40 bits per heavy atom. The van der Waals surface area contributed by atoms with E-state index in [0.29, 0.717) is 6.54 Å². The SMILES string of the molecule is CC#CCCNc1ccc([N+](=O)[O-])nc1. The van der Waals surface area contributed by atoms with Crippen LogP contribution in [0.15, 0.2) is 18.3 Å². The summed E-state index contributed by atoms with van der Waals surface area (Å²) in [6, 6.07) is 3.00. The Morgan fingerprint density at radius 1 is 1.60 bits per heavy atom. The van der Waals surface area contributed by atoms with Gasteiger partial charge in [0.05, 0.1) is 5.69 Å². The summed E-state index contributed by atoms with van der Waals surface area (Å²) in [5.41, 5.74) is 0.763. The molecule has 0 fully saturated rings. The van der Waals surface area contributed by atoms with Crippen molar-refractivity contribution in [1.29, 1.82) is 0 Å². The molecule has 1 aromatic rings. The molecule has 0 bridgehead atoms. The van der Waals surface area contributed by atoms with Crippen molar-refractivity contribution in [2.45, 2.75) is 13.3 Å². The summed E-state index contributed by atoms with van der Waals surface area (Å²) in [6.07, 6.45) is 2.19. The molecule has 0 radical (unpaired) electrons. The van der Waals surface area contributed by atoms with Crippen LogP contribution in [0, 0.1) is 22.0 Å². The molecule has 0 aliphatic carbocycles. The molecular formula is C10H11N3O2. The third kappa shape index (κ3) is 3.65. The normalized spacial score (nSPS) is 8.87. The zero-order valence-corrected chi connectivity index (χ0v) is 8.36. The summed E-state index contributed by atoms with van der Waals surface area (Å²) >= 11 is 0. The minimum atomic E-state index is -0.521. The quantitative estimate of drug-likeness (QED) is 0.352. The highest BCUT2D eigenvalue weighted by atomic mass is 16.6. The molecule has 5 heteroatoms. The highest BCUT2D eigenvalue weighted by Gasteiger charge is 2.04. The minimum absolute atomic E-state index is 0.145. The van der Waals surface area contributed by atoms with Crippen LogP contribution in [-0.2, 0) is 0 Å². The molecule has 0 spiro atoms. The largest absolute Gasteiger partial charge is 0.381 e. The first kappa shape index (κ1) is 11.0. The van der Waals surface area contributed by atoms with Crippen molar-refractivity contribution in [1.82, 2.24) is 4.98 Å². The van der Waals surface area contributed by atoms with E-state index in [9.17, 15) is 10.1 Å². The van der Waals surface area contributed by atoms with Gasteiger partial charge < -0.3 is 15.4 Å². The maximum absolute atomic E-state index is 10.3. The van der Waals surface area contributed by atoms with E-state index >= 15 is 0 Å². The third-order valence-corrected chi connectivity index (χ3v) is 1.69. The second-order valence-electron chi connectivity index (χ2n) is 2.77. The lowest BCUT2D eigenvalue weighted by Crippen LogP contribution is -2.01. The fourth-order valence-electron chi connectivity index (χ4n) is 0.993. The van der Waals surface area contributed by atoms with Crippen LogP contribution in [0.3, 0.4) is 0 Å². The lowest BCUT2D eigenvalue weighted by atomic mass is 10.3. The Labute approximate surface area is 87.7 Å². The average Bonchev–Trinajstić information content (AvgIpc) is 2.25. The van der Waals surface area contributed by atoms with Gasteiger partial charge in [-0.3, -0.25) is 0 Å². The van der Waals surface area contributed by atoms with Crippen molar-refractivity contribution in [3.05, 3.63) is 28.4 Å². The van der Waals surface area contributed by atoms with Gasteiger partial charge in [-0.05, 0) is 22.9 Å². The lowest BCUT2D eigenvalue weighted by Gasteiger charge is -2.00. The maximum Gasteiger partial charge on any atom is 0.363 e. The van der Waals surface area contributed by atoms with Crippen LogP contribution in [0.5, 0.6) is 0 Å². The number of nitrogens with one attached hydrogen (secondary N) is 1. The summed E-state index contributed by atoms with van der Waals surface area (Å²) in [7, 11) is 0. The number of hydrogen-bond donors (Lipinski definition) is 1. The van der Waals surface area contributed by atoms with E-state index < -0.39 is 4.92 Å². The highest BCUT2D eigenvalue weighted by Crippen LogP contribution is 2.10. The molecule has 1 heterocycles. The molecule has 5 nitrogen and oxygen atoms in total. The predicted molar refractivity (Wildman–Crippen MR) is 57.4 cm³/mol. The molecule has 0 unspecified atom stereocenters. The maximum atomic E-state index is 10.3. The summed E-state index contributed by atoms with van der Waals surface area (Å²) in [5, 5.41) is 13.4. The van der Waals surface area contributed by atoms with Gasteiger partial charge in [-0.15, -0.1) is 11.8 Å². The van der Waals surface area contributed by atoms with E-state index in [2.05, 4.69) is 22.1 Å². The fourth-order valence-corrected chi connectivity index (χ4v) is 0.993. The van der Waals surface area contributed by atoms with E-state index in [4.69, 9.17) is 0 Å². The molecule has 0 aromatic carbocycles. The summed E-state index contributed by atoms with van der Waals surface area (Å²) in [4.78, 5) is 13.5. The molecule has 1 aromatic heterocycles. The van der Waals surface area contributed by atoms with Crippen molar-refractivity contribution in [3.63, 3.8) is 0 Å². The molecule has 15 heavy (non-hydrogen) atoms. The lowest BCUT2D eigenvalue weighted by molar-refractivity contribution is -0.389. The van der Waals surface area contributed by atoms with Crippen molar-refractivity contribution in [3.8, 4) is 11.8 Å². The molecule has 0 aliphatic heterocycles. The van der Waals surface area contributed by atoms with E-state index in [-0.39, 0.29) is 5.82 Å². The topological polar surface area (TPSA) is 68.1 Å². The van der Waals surface area contributed by atoms with Crippen LogP contribution in [0.2, 0.25) is 0 Å². The Morgan fingerprint density at radius 3 is 2.93 bits per heavy atom. The summed E-state index contributed by atoms with van der Waals surface area (Å²) in [6.45, 7) is 2.49. The van der Waals surface area contributed by atoms with Gasteiger partial charge in [0.1, 0.15) is 0 Å². The number of nitro groups is 1. The second kappa shape index (κ2) is 5.60. The van der Waals surface area contributed by atoms with Crippen molar-refractivity contribution < 1.29 is 4.92 Å². The van der Waals surface area contributed by atoms with E-state index in [0.717, 1.165) is 12.1 Å². The first-order valence-corrected chi connectivity index (χ1v) is 4.48. The van der Waals surface area contributed by atoms with Gasteiger partial charge in [0.15, 0.2) is 6.20 Å². The van der Waals surface area contributed by atoms with Gasteiger partial charge in [0.25, 0.3) is 0 Å². The van der Waals surface area contributed by atoms with Gasteiger partial charge in [0.2, 0.25) is 0 Å². The molecule has 0 atom stereocenters. The van der Waals surface area contributed by atoms with Crippen molar-refractivity contribution >= 4 is 11.5 Å². The second-order valence-corrected chi connectivity index (χ2v) is 2.77. The smallest absolute Gasteiger partial charge is 0.363 e. The summed E-state index contributed by atoms with van der Waals surface area (Å²) in [5.74, 6) is 5.55. The molecule has 0 amide bonds. The van der Waals surface area contributed by atoms with Crippen LogP contribution in [-0.4, -0.2) is 16.5 Å². The van der Waals surface area contributed by atoms with Crippen LogP contribution in [0.1, 0.15) is 13.3 Å². The standard InChI is InChI=1S/C10H11N3O2/c1-2-3-4-7-11-9-5-6-10(12-8-9)13(14)15/h5-6,8,11H,4,7H2,1H3. The van der Waals surface area contributed by atoms with Crippen LogP contribution >= 0.6 is 0 Å². The number of aromatic nitrogens is 1. The van der Waals surface area contributed by atoms with E-state index in [1.807, 2.05) is 0 Å². The zero-order chi connectivity index (χ0) is 11.1. The number of anilines is 1. The Hall–Kier alpha value is -2.09. The fraction of sp³-hybridized carbons (Fsp3) is 0.300. The van der Waals surface area contributed by atoms with Gasteiger partial charge >= 0.3 is 5.82 Å².